The Morgan fingerprint density at radius 2 is 2.18 bits per heavy atom. The first-order chi connectivity index (χ1) is 10.4. The van der Waals surface area contributed by atoms with Gasteiger partial charge >= 0.3 is 0 Å². The first-order valence-electron chi connectivity index (χ1n) is 7.40. The predicted octanol–water partition coefficient (Wildman–Crippen LogP) is 1.68. The van der Waals surface area contributed by atoms with Crippen molar-refractivity contribution in [2.45, 2.75) is 13.3 Å². The van der Waals surface area contributed by atoms with Gasteiger partial charge in [-0.3, -0.25) is 9.59 Å². The number of benzene rings is 1. The molecule has 0 spiro atoms. The Balaban J connectivity index is 2.00. The maximum absolute atomic E-state index is 12.5. The minimum Gasteiger partial charge on any atom is -0.354 e. The second-order valence-electron chi connectivity index (χ2n) is 5.86. The number of hydrogen-bond donors (Lipinski definition) is 1. The van der Waals surface area contributed by atoms with Crippen molar-refractivity contribution in [2.24, 2.45) is 5.92 Å². The van der Waals surface area contributed by atoms with Gasteiger partial charge in [-0.25, -0.2) is 0 Å². The molecule has 120 valence electrons. The zero-order valence-corrected chi connectivity index (χ0v) is 14.0. The minimum absolute atomic E-state index is 0.151. The highest BCUT2D eigenvalue weighted by atomic mass is 35.5. The number of carbonyl (C=O) groups excluding carboxylic acids is 2. The van der Waals surface area contributed by atoms with E-state index in [1.54, 1.807) is 11.0 Å². The lowest BCUT2D eigenvalue weighted by Crippen LogP contribution is -2.39. The van der Waals surface area contributed by atoms with Crippen LogP contribution in [0.15, 0.2) is 18.2 Å². The maximum Gasteiger partial charge on any atom is 0.239 e. The van der Waals surface area contributed by atoms with Gasteiger partial charge < -0.3 is 15.1 Å². The number of nitrogens with zero attached hydrogens (tertiary/aromatic N) is 2. The van der Waals surface area contributed by atoms with Crippen LogP contribution in [-0.2, 0) is 9.59 Å². The average molecular weight is 324 g/mol. The number of aryl methyl sites for hydroxylation is 1. The van der Waals surface area contributed by atoms with Gasteiger partial charge in [0.2, 0.25) is 11.8 Å². The summed E-state index contributed by atoms with van der Waals surface area (Å²) in [6, 6.07) is 5.53. The zero-order chi connectivity index (χ0) is 16.3. The van der Waals surface area contributed by atoms with Crippen LogP contribution in [0.5, 0.6) is 0 Å². The van der Waals surface area contributed by atoms with E-state index in [0.717, 1.165) is 17.8 Å². The van der Waals surface area contributed by atoms with Crippen molar-refractivity contribution in [1.29, 1.82) is 0 Å². The predicted molar refractivity (Wildman–Crippen MR) is 88.2 cm³/mol. The highest BCUT2D eigenvalue weighted by Crippen LogP contribution is 2.28. The van der Waals surface area contributed by atoms with E-state index in [2.05, 4.69) is 5.32 Å². The molecule has 1 N–H and O–H groups in total. The van der Waals surface area contributed by atoms with Gasteiger partial charge in [0.15, 0.2) is 0 Å². The molecule has 1 aromatic rings. The van der Waals surface area contributed by atoms with E-state index in [4.69, 9.17) is 11.6 Å². The molecule has 1 fully saturated rings. The molecule has 1 atom stereocenters. The third-order valence-corrected chi connectivity index (χ3v) is 4.25. The summed E-state index contributed by atoms with van der Waals surface area (Å²) in [6.07, 6.45) is 0.540. The van der Waals surface area contributed by atoms with Crippen LogP contribution >= 0.6 is 11.6 Å². The Labute approximate surface area is 136 Å². The molecule has 1 heterocycles. The van der Waals surface area contributed by atoms with Crippen molar-refractivity contribution in [3.05, 3.63) is 28.8 Å². The second-order valence-corrected chi connectivity index (χ2v) is 6.27. The molecule has 0 saturated carbocycles. The fourth-order valence-corrected chi connectivity index (χ4v) is 2.63. The zero-order valence-electron chi connectivity index (χ0n) is 13.2. The van der Waals surface area contributed by atoms with Crippen LogP contribution in [0.4, 0.5) is 5.69 Å². The summed E-state index contributed by atoms with van der Waals surface area (Å²) in [5.41, 5.74) is 1.72. The fourth-order valence-electron chi connectivity index (χ4n) is 2.46. The van der Waals surface area contributed by atoms with E-state index in [9.17, 15) is 9.59 Å². The Hall–Kier alpha value is -1.59. The fraction of sp³-hybridized carbons (Fsp3) is 0.500. The van der Waals surface area contributed by atoms with Crippen molar-refractivity contribution < 1.29 is 9.59 Å². The van der Waals surface area contributed by atoms with Gasteiger partial charge in [0.25, 0.3) is 0 Å². The van der Waals surface area contributed by atoms with Gasteiger partial charge in [0.05, 0.1) is 0 Å². The molecule has 0 bridgehead atoms. The third-order valence-electron chi connectivity index (χ3n) is 3.85. The van der Waals surface area contributed by atoms with Crippen molar-refractivity contribution in [1.82, 2.24) is 10.2 Å². The van der Waals surface area contributed by atoms with Gasteiger partial charge in [-0.1, -0.05) is 17.7 Å². The number of likely N-dealkylation sites (N-methyl/N-ethyl adjacent to an activating group) is 1. The van der Waals surface area contributed by atoms with Gasteiger partial charge in [-0.15, -0.1) is 0 Å². The standard InChI is InChI=1S/C16H22ClN3O2/c1-11-4-5-12(10-14(11)17)20-8-6-13(16(20)22)15(21)18-7-9-19(2)3/h4-5,10,13H,6-9H2,1-3H3,(H,18,21). The summed E-state index contributed by atoms with van der Waals surface area (Å²) < 4.78 is 0. The minimum atomic E-state index is -0.595. The lowest BCUT2D eigenvalue weighted by atomic mass is 10.1. The van der Waals surface area contributed by atoms with Gasteiger partial charge in [0.1, 0.15) is 5.92 Å². The lowest BCUT2D eigenvalue weighted by Gasteiger charge is -2.18. The summed E-state index contributed by atoms with van der Waals surface area (Å²) in [5, 5.41) is 3.45. The van der Waals surface area contributed by atoms with Crippen LogP contribution in [0.25, 0.3) is 0 Å². The molecular formula is C16H22ClN3O2. The highest BCUT2D eigenvalue weighted by Gasteiger charge is 2.37. The van der Waals surface area contributed by atoms with E-state index in [0.29, 0.717) is 24.5 Å². The van der Waals surface area contributed by atoms with Crippen LogP contribution < -0.4 is 10.2 Å². The Kier molecular flexibility index (Phi) is 5.42. The topological polar surface area (TPSA) is 52.7 Å². The molecule has 0 aromatic heterocycles. The Bertz CT molecular complexity index is 575. The first kappa shape index (κ1) is 16.8. The van der Waals surface area contributed by atoms with E-state index < -0.39 is 5.92 Å². The highest BCUT2D eigenvalue weighted by molar-refractivity contribution is 6.31. The summed E-state index contributed by atoms with van der Waals surface area (Å²) in [6.45, 7) is 3.76. The van der Waals surface area contributed by atoms with Crippen LogP contribution in [0.2, 0.25) is 5.02 Å². The molecule has 2 amide bonds. The van der Waals surface area contributed by atoms with Gasteiger partial charge in [-0.2, -0.15) is 0 Å². The lowest BCUT2D eigenvalue weighted by molar-refractivity contribution is -0.132. The van der Waals surface area contributed by atoms with Crippen molar-refractivity contribution >= 4 is 29.1 Å². The summed E-state index contributed by atoms with van der Waals surface area (Å²) in [4.78, 5) is 28.2. The number of nitrogens with one attached hydrogen (secondary N) is 1. The number of hydrogen-bond acceptors (Lipinski definition) is 3. The monoisotopic (exact) mass is 323 g/mol. The quantitative estimate of drug-likeness (QED) is 0.839. The van der Waals surface area contributed by atoms with Gasteiger partial charge in [-0.05, 0) is 45.1 Å². The molecule has 1 aliphatic rings. The molecule has 1 saturated heterocycles. The van der Waals surface area contributed by atoms with Crippen molar-refractivity contribution in [3.63, 3.8) is 0 Å². The largest absolute Gasteiger partial charge is 0.354 e. The SMILES string of the molecule is Cc1ccc(N2CCC(C(=O)NCCN(C)C)C2=O)cc1Cl. The molecule has 0 radical (unpaired) electrons. The number of amides is 2. The first-order valence-corrected chi connectivity index (χ1v) is 7.78. The molecule has 1 aliphatic heterocycles. The van der Waals surface area contributed by atoms with E-state index in [-0.39, 0.29) is 11.8 Å². The number of carbonyl (C=O) groups is 2. The molecular weight excluding hydrogens is 302 g/mol. The van der Waals surface area contributed by atoms with Gasteiger partial charge in [0, 0.05) is 30.3 Å². The molecule has 0 aliphatic carbocycles. The van der Waals surface area contributed by atoms with Crippen molar-refractivity contribution in [2.75, 3.05) is 38.6 Å². The second kappa shape index (κ2) is 7.11. The van der Waals surface area contributed by atoms with Crippen molar-refractivity contribution in [3.8, 4) is 0 Å². The number of rotatable bonds is 5. The molecule has 1 aromatic carbocycles. The summed E-state index contributed by atoms with van der Waals surface area (Å²) in [5.74, 6) is -0.933. The number of halogens is 1. The molecule has 1 unspecified atom stereocenters. The third kappa shape index (κ3) is 3.78. The Morgan fingerprint density at radius 1 is 1.45 bits per heavy atom. The summed E-state index contributed by atoms with van der Waals surface area (Å²) in [7, 11) is 3.88. The smallest absolute Gasteiger partial charge is 0.239 e. The summed E-state index contributed by atoms with van der Waals surface area (Å²) >= 11 is 6.12. The average Bonchev–Trinajstić information content (AvgIpc) is 2.83. The maximum atomic E-state index is 12.5. The van der Waals surface area contributed by atoms with E-state index in [1.165, 1.54) is 0 Å². The van der Waals surface area contributed by atoms with Crippen LogP contribution in [0, 0.1) is 12.8 Å². The normalized spacial score (nSPS) is 18.1. The van der Waals surface area contributed by atoms with Crippen LogP contribution in [-0.4, -0.2) is 50.4 Å². The number of anilines is 1. The van der Waals surface area contributed by atoms with Crippen LogP contribution in [0.1, 0.15) is 12.0 Å². The Morgan fingerprint density at radius 3 is 2.82 bits per heavy atom. The molecule has 22 heavy (non-hydrogen) atoms. The molecule has 5 nitrogen and oxygen atoms in total. The molecule has 2 rings (SSSR count). The molecule has 6 heteroatoms. The van der Waals surface area contributed by atoms with E-state index >= 15 is 0 Å². The van der Waals surface area contributed by atoms with E-state index in [1.807, 2.05) is 38.1 Å². The van der Waals surface area contributed by atoms with Crippen LogP contribution in [0.3, 0.4) is 0 Å².